The fourth-order valence-corrected chi connectivity index (χ4v) is 4.36. The Bertz CT molecular complexity index is 1200. The molecule has 4 aromatic rings. The van der Waals surface area contributed by atoms with Crippen molar-refractivity contribution < 1.29 is 13.9 Å². The lowest BCUT2D eigenvalue weighted by Crippen LogP contribution is -2.36. The predicted octanol–water partition coefficient (Wildman–Crippen LogP) is 3.80. The molecule has 0 spiro atoms. The van der Waals surface area contributed by atoms with Gasteiger partial charge in [-0.2, -0.15) is 0 Å². The molecule has 5 rings (SSSR count). The van der Waals surface area contributed by atoms with Crippen molar-refractivity contribution in [2.45, 2.75) is 5.16 Å². The molecule has 8 nitrogen and oxygen atoms in total. The van der Waals surface area contributed by atoms with Gasteiger partial charge in [0.15, 0.2) is 16.7 Å². The number of thioether (sulfide) groups is 1. The minimum Gasteiger partial charge on any atom is -0.453 e. The summed E-state index contributed by atoms with van der Waals surface area (Å²) in [7, 11) is 1.87. The van der Waals surface area contributed by atoms with E-state index >= 15 is 0 Å². The summed E-state index contributed by atoms with van der Waals surface area (Å²) >= 11 is 1.34. The summed E-state index contributed by atoms with van der Waals surface area (Å²) in [5.41, 5.74) is 2.71. The number of furan rings is 1. The number of anilines is 2. The second-order valence-corrected chi connectivity index (χ2v) is 8.44. The van der Waals surface area contributed by atoms with E-state index < -0.39 is 0 Å². The number of nitrogens with one attached hydrogen (secondary N) is 1. The van der Waals surface area contributed by atoms with E-state index in [0.717, 1.165) is 48.6 Å². The molecule has 0 radical (unpaired) electrons. The van der Waals surface area contributed by atoms with E-state index in [2.05, 4.69) is 20.4 Å². The summed E-state index contributed by atoms with van der Waals surface area (Å²) < 4.78 is 13.1. The van der Waals surface area contributed by atoms with Crippen LogP contribution in [0.2, 0.25) is 0 Å². The van der Waals surface area contributed by atoms with Gasteiger partial charge in [-0.25, -0.2) is 0 Å². The predicted molar refractivity (Wildman–Crippen MR) is 125 cm³/mol. The van der Waals surface area contributed by atoms with Crippen LogP contribution in [0.15, 0.2) is 64.2 Å². The number of para-hydroxylation sites is 1. The molecule has 1 aliphatic heterocycles. The molecule has 1 amide bonds. The molecule has 0 saturated carbocycles. The summed E-state index contributed by atoms with van der Waals surface area (Å²) in [6, 6.07) is 17.7. The second-order valence-electron chi connectivity index (χ2n) is 7.50. The highest BCUT2D eigenvalue weighted by molar-refractivity contribution is 7.99. The number of hydrogen-bond acceptors (Lipinski definition) is 7. The van der Waals surface area contributed by atoms with E-state index in [1.54, 1.807) is 0 Å². The van der Waals surface area contributed by atoms with Crippen molar-refractivity contribution >= 4 is 40.0 Å². The van der Waals surface area contributed by atoms with Crippen LogP contribution in [-0.4, -0.2) is 52.7 Å². The first-order chi connectivity index (χ1) is 15.7. The molecule has 9 heteroatoms. The molecule has 1 N–H and O–H groups in total. The summed E-state index contributed by atoms with van der Waals surface area (Å²) in [6.07, 6.45) is 0. The summed E-state index contributed by atoms with van der Waals surface area (Å²) in [5, 5.41) is 13.1. The molecule has 164 valence electrons. The number of hydrogen-bond donors (Lipinski definition) is 1. The van der Waals surface area contributed by atoms with Gasteiger partial charge in [0.1, 0.15) is 5.58 Å². The van der Waals surface area contributed by atoms with Crippen LogP contribution >= 0.6 is 11.8 Å². The normalized spacial score (nSPS) is 14.1. The molecule has 3 heterocycles. The van der Waals surface area contributed by atoms with Crippen LogP contribution in [0, 0.1) is 0 Å². The van der Waals surface area contributed by atoms with E-state index in [0.29, 0.717) is 16.7 Å². The van der Waals surface area contributed by atoms with Crippen molar-refractivity contribution in [3.63, 3.8) is 0 Å². The van der Waals surface area contributed by atoms with Gasteiger partial charge in [-0.15, -0.1) is 10.2 Å². The van der Waals surface area contributed by atoms with Crippen molar-refractivity contribution in [3.8, 4) is 11.6 Å². The lowest BCUT2D eigenvalue weighted by Gasteiger charge is -2.28. The van der Waals surface area contributed by atoms with Crippen molar-refractivity contribution in [1.29, 1.82) is 0 Å². The van der Waals surface area contributed by atoms with Crippen LogP contribution in [-0.2, 0) is 16.6 Å². The largest absolute Gasteiger partial charge is 0.453 e. The van der Waals surface area contributed by atoms with Gasteiger partial charge in [0, 0.05) is 36.9 Å². The second kappa shape index (κ2) is 9.05. The molecule has 1 saturated heterocycles. The van der Waals surface area contributed by atoms with E-state index in [1.165, 1.54) is 11.8 Å². The standard InChI is InChI=1S/C23H23N5O3S/c1-27-22(20-14-16-4-2-3-5-19(16)31-20)25-26-23(27)32-15-21(29)24-17-6-8-18(9-7-17)28-10-12-30-13-11-28/h2-9,14H,10-13,15H2,1H3,(H,24,29). The number of aromatic nitrogens is 3. The number of ether oxygens (including phenoxy) is 1. The zero-order chi connectivity index (χ0) is 21.9. The number of carbonyl (C=O) groups excluding carboxylic acids is 1. The molecule has 0 aliphatic carbocycles. The van der Waals surface area contributed by atoms with Crippen molar-refractivity contribution in [2.75, 3.05) is 42.3 Å². The Balaban J connectivity index is 1.19. The van der Waals surface area contributed by atoms with Gasteiger partial charge >= 0.3 is 0 Å². The van der Waals surface area contributed by atoms with Crippen LogP contribution < -0.4 is 10.2 Å². The van der Waals surface area contributed by atoms with Crippen LogP contribution in [0.4, 0.5) is 11.4 Å². The van der Waals surface area contributed by atoms with Crippen LogP contribution in [0.3, 0.4) is 0 Å². The number of nitrogens with zero attached hydrogens (tertiary/aromatic N) is 4. The maximum Gasteiger partial charge on any atom is 0.234 e. The van der Waals surface area contributed by atoms with E-state index in [9.17, 15) is 4.79 Å². The van der Waals surface area contributed by atoms with Gasteiger partial charge in [-0.1, -0.05) is 30.0 Å². The quantitative estimate of drug-likeness (QED) is 0.448. The smallest absolute Gasteiger partial charge is 0.234 e. The molecule has 2 aromatic heterocycles. The fourth-order valence-electron chi connectivity index (χ4n) is 3.65. The molecule has 1 aliphatic rings. The minimum atomic E-state index is -0.0950. The number of benzene rings is 2. The van der Waals surface area contributed by atoms with Crippen molar-refractivity contribution in [1.82, 2.24) is 14.8 Å². The third-order valence-electron chi connectivity index (χ3n) is 5.34. The number of amides is 1. The van der Waals surface area contributed by atoms with E-state index in [-0.39, 0.29) is 11.7 Å². The summed E-state index contributed by atoms with van der Waals surface area (Å²) in [6.45, 7) is 3.26. The Morgan fingerprint density at radius 3 is 2.66 bits per heavy atom. The SMILES string of the molecule is Cn1c(SCC(=O)Nc2ccc(N3CCOCC3)cc2)nnc1-c1cc2ccccc2o1. The van der Waals surface area contributed by atoms with E-state index in [4.69, 9.17) is 9.15 Å². The highest BCUT2D eigenvalue weighted by Gasteiger charge is 2.17. The maximum absolute atomic E-state index is 12.4. The topological polar surface area (TPSA) is 85.4 Å². The first-order valence-electron chi connectivity index (χ1n) is 10.4. The molecule has 0 bridgehead atoms. The van der Waals surface area contributed by atoms with Crippen LogP contribution in [0.5, 0.6) is 0 Å². The number of rotatable bonds is 6. The molecule has 1 fully saturated rings. The fraction of sp³-hybridized carbons (Fsp3) is 0.261. The lowest BCUT2D eigenvalue weighted by molar-refractivity contribution is -0.113. The van der Waals surface area contributed by atoms with Gasteiger partial charge in [-0.05, 0) is 36.4 Å². The van der Waals surface area contributed by atoms with Gasteiger partial charge in [-0.3, -0.25) is 4.79 Å². The maximum atomic E-state index is 12.4. The van der Waals surface area contributed by atoms with Crippen LogP contribution in [0.25, 0.3) is 22.6 Å². The molecule has 0 atom stereocenters. The Morgan fingerprint density at radius 2 is 1.88 bits per heavy atom. The molecular weight excluding hydrogens is 426 g/mol. The Morgan fingerprint density at radius 1 is 1.09 bits per heavy atom. The van der Waals surface area contributed by atoms with Crippen LogP contribution in [0.1, 0.15) is 0 Å². The number of carbonyl (C=O) groups is 1. The Labute approximate surface area is 189 Å². The van der Waals surface area contributed by atoms with Gasteiger partial charge in [0.2, 0.25) is 5.91 Å². The number of morpholine rings is 1. The number of fused-ring (bicyclic) bond motifs is 1. The molecular formula is C23H23N5O3S. The highest BCUT2D eigenvalue weighted by Crippen LogP contribution is 2.28. The monoisotopic (exact) mass is 449 g/mol. The Kier molecular flexibility index (Phi) is 5.83. The van der Waals surface area contributed by atoms with Gasteiger partial charge < -0.3 is 23.9 Å². The van der Waals surface area contributed by atoms with Crippen molar-refractivity contribution in [2.24, 2.45) is 7.05 Å². The molecule has 32 heavy (non-hydrogen) atoms. The minimum absolute atomic E-state index is 0.0950. The first-order valence-corrected chi connectivity index (χ1v) is 11.4. The zero-order valence-electron chi connectivity index (χ0n) is 17.7. The van der Waals surface area contributed by atoms with Gasteiger partial charge in [0.05, 0.1) is 19.0 Å². The summed E-state index contributed by atoms with van der Waals surface area (Å²) in [5.74, 6) is 1.42. The van der Waals surface area contributed by atoms with Crippen molar-refractivity contribution in [3.05, 3.63) is 54.6 Å². The third-order valence-corrected chi connectivity index (χ3v) is 6.36. The zero-order valence-corrected chi connectivity index (χ0v) is 18.5. The first kappa shape index (κ1) is 20.6. The summed E-state index contributed by atoms with van der Waals surface area (Å²) in [4.78, 5) is 14.7. The van der Waals surface area contributed by atoms with Gasteiger partial charge in [0.25, 0.3) is 0 Å². The molecule has 2 aromatic carbocycles. The average Bonchev–Trinajstić information content (AvgIpc) is 3.42. The average molecular weight is 450 g/mol. The molecule has 0 unspecified atom stereocenters. The highest BCUT2D eigenvalue weighted by atomic mass is 32.2. The van der Waals surface area contributed by atoms with E-state index in [1.807, 2.05) is 66.2 Å². The Hall–Kier alpha value is -3.30. The third kappa shape index (κ3) is 4.35. The lowest BCUT2D eigenvalue weighted by atomic mass is 10.2.